The van der Waals surface area contributed by atoms with Crippen LogP contribution in [-0.4, -0.2) is 47.4 Å². The number of aliphatic hydroxyl groups is 1. The molecule has 0 radical (unpaired) electrons. The molecule has 0 aromatic heterocycles. The largest absolute Gasteiger partial charge is 0.394 e. The number of hydrogen-bond acceptors (Lipinski definition) is 3. The minimum absolute atomic E-state index is 0.108. The smallest absolute Gasteiger partial charge is 0.322 e. The fourth-order valence-corrected chi connectivity index (χ4v) is 2.60. The fourth-order valence-electron chi connectivity index (χ4n) is 2.42. The number of benzene rings is 1. The van der Waals surface area contributed by atoms with Crippen molar-refractivity contribution in [3.05, 3.63) is 28.8 Å². The quantitative estimate of drug-likeness (QED) is 0.882. The summed E-state index contributed by atoms with van der Waals surface area (Å²) >= 11 is 6.06. The van der Waals surface area contributed by atoms with Gasteiger partial charge in [-0.15, -0.1) is 0 Å². The minimum atomic E-state index is -0.478. The summed E-state index contributed by atoms with van der Waals surface area (Å²) in [7, 11) is 0. The Bertz CT molecular complexity index is 534. The third-order valence-corrected chi connectivity index (χ3v) is 3.80. The lowest BCUT2D eigenvalue weighted by Crippen LogP contribution is -2.56. The van der Waals surface area contributed by atoms with Crippen LogP contribution in [0.2, 0.25) is 5.02 Å². The van der Waals surface area contributed by atoms with Crippen molar-refractivity contribution in [3.63, 3.8) is 0 Å². The molecule has 6 heteroatoms. The van der Waals surface area contributed by atoms with Gasteiger partial charge >= 0.3 is 6.03 Å². The van der Waals surface area contributed by atoms with Gasteiger partial charge in [-0.3, -0.25) is 0 Å². The van der Waals surface area contributed by atoms with Gasteiger partial charge < -0.3 is 20.1 Å². The van der Waals surface area contributed by atoms with E-state index < -0.39 is 5.60 Å². The summed E-state index contributed by atoms with van der Waals surface area (Å²) in [4.78, 5) is 14.0. The topological polar surface area (TPSA) is 61.8 Å². The molecule has 1 aromatic carbocycles. The highest BCUT2D eigenvalue weighted by molar-refractivity contribution is 6.31. The minimum Gasteiger partial charge on any atom is -0.394 e. The first-order valence-corrected chi connectivity index (χ1v) is 7.29. The lowest BCUT2D eigenvalue weighted by molar-refractivity contribution is -0.137. The zero-order valence-corrected chi connectivity index (χ0v) is 13.3. The first-order valence-electron chi connectivity index (χ1n) is 6.91. The molecule has 5 nitrogen and oxygen atoms in total. The lowest BCUT2D eigenvalue weighted by atomic mass is 10.1. The van der Waals surface area contributed by atoms with Gasteiger partial charge in [-0.2, -0.15) is 0 Å². The molecule has 2 N–H and O–H groups in total. The van der Waals surface area contributed by atoms with E-state index in [1.54, 1.807) is 11.0 Å². The van der Waals surface area contributed by atoms with E-state index in [0.29, 0.717) is 23.8 Å². The monoisotopic (exact) mass is 312 g/mol. The van der Waals surface area contributed by atoms with Crippen LogP contribution in [0.3, 0.4) is 0 Å². The molecule has 0 bridgehead atoms. The van der Waals surface area contributed by atoms with Gasteiger partial charge in [0, 0.05) is 10.7 Å². The third-order valence-electron chi connectivity index (χ3n) is 3.40. The Morgan fingerprint density at radius 3 is 2.90 bits per heavy atom. The summed E-state index contributed by atoms with van der Waals surface area (Å²) in [5.74, 6) is 0. The standard InChI is InChI=1S/C15H21ClN2O3/c1-10-4-5-11(6-13(10)16)17-14(20)18-7-12(8-19)21-15(2,3)9-18/h4-6,12,19H,7-9H2,1-3H3,(H,17,20). The van der Waals surface area contributed by atoms with E-state index in [4.69, 9.17) is 16.3 Å². The molecule has 1 fully saturated rings. The van der Waals surface area contributed by atoms with Crippen molar-refractivity contribution < 1.29 is 14.6 Å². The van der Waals surface area contributed by atoms with E-state index in [9.17, 15) is 9.90 Å². The van der Waals surface area contributed by atoms with E-state index in [-0.39, 0.29) is 18.7 Å². The number of carbonyl (C=O) groups is 1. The number of nitrogens with one attached hydrogen (secondary N) is 1. The highest BCUT2D eigenvalue weighted by atomic mass is 35.5. The molecule has 0 saturated carbocycles. The second-order valence-electron chi connectivity index (χ2n) is 5.96. The molecule has 1 unspecified atom stereocenters. The maximum atomic E-state index is 12.3. The zero-order chi connectivity index (χ0) is 15.6. The van der Waals surface area contributed by atoms with E-state index >= 15 is 0 Å². The number of rotatable bonds is 2. The normalized spacial score (nSPS) is 21.2. The molecule has 1 saturated heterocycles. The molecule has 1 aliphatic heterocycles. The second-order valence-corrected chi connectivity index (χ2v) is 6.36. The van der Waals surface area contributed by atoms with Crippen molar-refractivity contribution in [2.24, 2.45) is 0 Å². The molecular weight excluding hydrogens is 292 g/mol. The number of urea groups is 1. The highest BCUT2D eigenvalue weighted by Gasteiger charge is 2.35. The van der Waals surface area contributed by atoms with Crippen LogP contribution >= 0.6 is 11.6 Å². The Morgan fingerprint density at radius 2 is 2.29 bits per heavy atom. The first-order chi connectivity index (χ1) is 9.80. The Balaban J connectivity index is 2.06. The van der Waals surface area contributed by atoms with Gasteiger partial charge in [0.05, 0.1) is 31.4 Å². The van der Waals surface area contributed by atoms with Crippen molar-refractivity contribution in [3.8, 4) is 0 Å². The fraction of sp³-hybridized carbons (Fsp3) is 0.533. The van der Waals surface area contributed by atoms with Gasteiger partial charge in [0.1, 0.15) is 0 Å². The van der Waals surface area contributed by atoms with Gasteiger partial charge in [-0.05, 0) is 38.5 Å². The van der Waals surface area contributed by atoms with E-state index in [1.807, 2.05) is 32.9 Å². The number of ether oxygens (including phenoxy) is 1. The van der Waals surface area contributed by atoms with E-state index in [2.05, 4.69) is 5.32 Å². The molecule has 1 heterocycles. The molecule has 2 rings (SSSR count). The van der Waals surface area contributed by atoms with Crippen LogP contribution in [0.1, 0.15) is 19.4 Å². The Labute approximate surface area is 129 Å². The van der Waals surface area contributed by atoms with Crippen LogP contribution in [0.5, 0.6) is 0 Å². The number of aliphatic hydroxyl groups excluding tert-OH is 1. The maximum Gasteiger partial charge on any atom is 0.322 e. The molecule has 1 atom stereocenters. The number of hydrogen-bond donors (Lipinski definition) is 2. The maximum absolute atomic E-state index is 12.3. The van der Waals surface area contributed by atoms with Crippen molar-refractivity contribution in [2.45, 2.75) is 32.5 Å². The summed E-state index contributed by atoms with van der Waals surface area (Å²) in [5, 5.41) is 12.7. The molecule has 0 spiro atoms. The second kappa shape index (κ2) is 6.22. The Hall–Kier alpha value is -1.30. The number of morpholine rings is 1. The van der Waals surface area contributed by atoms with Gasteiger partial charge in [0.2, 0.25) is 0 Å². The van der Waals surface area contributed by atoms with Crippen molar-refractivity contribution >= 4 is 23.3 Å². The van der Waals surface area contributed by atoms with Gasteiger partial charge in [0.15, 0.2) is 0 Å². The predicted octanol–water partition coefficient (Wildman–Crippen LogP) is 2.65. The van der Waals surface area contributed by atoms with Crippen LogP contribution in [-0.2, 0) is 4.74 Å². The summed E-state index contributed by atoms with van der Waals surface area (Å²) in [6.45, 7) is 6.43. The summed E-state index contributed by atoms with van der Waals surface area (Å²) in [6.07, 6.45) is -0.360. The average molecular weight is 313 g/mol. The average Bonchev–Trinajstić information content (AvgIpc) is 2.41. The van der Waals surface area contributed by atoms with Gasteiger partial charge in [-0.1, -0.05) is 17.7 Å². The summed E-state index contributed by atoms with van der Waals surface area (Å²) in [6, 6.07) is 5.18. The lowest BCUT2D eigenvalue weighted by Gasteiger charge is -2.42. The van der Waals surface area contributed by atoms with Crippen molar-refractivity contribution in [2.75, 3.05) is 25.0 Å². The van der Waals surface area contributed by atoms with Crippen LogP contribution in [0.25, 0.3) is 0 Å². The van der Waals surface area contributed by atoms with E-state index in [1.165, 1.54) is 0 Å². The Kier molecular flexibility index (Phi) is 4.76. The van der Waals surface area contributed by atoms with Crippen molar-refractivity contribution in [1.82, 2.24) is 4.90 Å². The first kappa shape index (κ1) is 16.1. The number of halogens is 1. The number of nitrogens with zero attached hydrogens (tertiary/aromatic N) is 1. The zero-order valence-electron chi connectivity index (χ0n) is 12.5. The van der Waals surface area contributed by atoms with Crippen molar-refractivity contribution in [1.29, 1.82) is 0 Å². The molecule has 1 aromatic rings. The number of anilines is 1. The van der Waals surface area contributed by atoms with Crippen LogP contribution < -0.4 is 5.32 Å². The summed E-state index contributed by atoms with van der Waals surface area (Å²) in [5.41, 5.74) is 1.14. The van der Waals surface area contributed by atoms with Crippen LogP contribution in [0.15, 0.2) is 18.2 Å². The SMILES string of the molecule is Cc1ccc(NC(=O)N2CC(CO)OC(C)(C)C2)cc1Cl. The third kappa shape index (κ3) is 4.09. The van der Waals surface area contributed by atoms with E-state index in [0.717, 1.165) is 5.56 Å². The molecule has 0 aliphatic carbocycles. The highest BCUT2D eigenvalue weighted by Crippen LogP contribution is 2.23. The molecule has 2 amide bonds. The molecule has 1 aliphatic rings. The number of carbonyl (C=O) groups excluding carboxylic acids is 1. The van der Waals surface area contributed by atoms with Crippen LogP contribution in [0.4, 0.5) is 10.5 Å². The molecular formula is C15H21ClN2O3. The summed E-state index contributed by atoms with van der Waals surface area (Å²) < 4.78 is 5.70. The predicted molar refractivity (Wildman–Crippen MR) is 82.8 cm³/mol. The number of aryl methyl sites for hydroxylation is 1. The Morgan fingerprint density at radius 1 is 1.57 bits per heavy atom. The number of amides is 2. The van der Waals surface area contributed by atoms with Gasteiger partial charge in [-0.25, -0.2) is 4.79 Å². The van der Waals surface area contributed by atoms with Crippen LogP contribution in [0, 0.1) is 6.92 Å². The molecule has 21 heavy (non-hydrogen) atoms. The molecule has 116 valence electrons. The van der Waals surface area contributed by atoms with Gasteiger partial charge in [0.25, 0.3) is 0 Å².